The van der Waals surface area contributed by atoms with Crippen LogP contribution in [0.15, 0.2) is 18.2 Å². The Labute approximate surface area is 131 Å². The van der Waals surface area contributed by atoms with Gasteiger partial charge >= 0.3 is 0 Å². The van der Waals surface area contributed by atoms with Crippen LogP contribution in [0.25, 0.3) is 0 Å². The van der Waals surface area contributed by atoms with Gasteiger partial charge in [-0.15, -0.1) is 12.4 Å². The highest BCUT2D eigenvalue weighted by molar-refractivity contribution is 5.85. The van der Waals surface area contributed by atoms with Gasteiger partial charge in [-0.1, -0.05) is 19.9 Å². The molecule has 1 amide bonds. The third-order valence-corrected chi connectivity index (χ3v) is 3.09. The van der Waals surface area contributed by atoms with Gasteiger partial charge in [0.2, 0.25) is 5.91 Å². The largest absolute Gasteiger partial charge is 0.496 e. The van der Waals surface area contributed by atoms with Gasteiger partial charge in [0.25, 0.3) is 0 Å². The zero-order valence-electron chi connectivity index (χ0n) is 12.9. The van der Waals surface area contributed by atoms with Crippen molar-refractivity contribution in [3.63, 3.8) is 0 Å². The fourth-order valence-corrected chi connectivity index (χ4v) is 2.12. The Bertz CT molecular complexity index is 469. The Balaban J connectivity index is 0.00000400. The second-order valence-corrected chi connectivity index (χ2v) is 5.32. The van der Waals surface area contributed by atoms with Gasteiger partial charge < -0.3 is 15.8 Å². The van der Waals surface area contributed by atoms with Crippen LogP contribution in [0.5, 0.6) is 5.75 Å². The average molecular weight is 319 g/mol. The van der Waals surface area contributed by atoms with E-state index in [9.17, 15) is 9.18 Å². The predicted molar refractivity (Wildman–Crippen MR) is 84.2 cm³/mol. The van der Waals surface area contributed by atoms with Gasteiger partial charge in [0, 0.05) is 0 Å². The van der Waals surface area contributed by atoms with E-state index in [-0.39, 0.29) is 18.3 Å². The first-order valence-electron chi connectivity index (χ1n) is 6.75. The van der Waals surface area contributed by atoms with E-state index in [1.807, 2.05) is 13.8 Å². The zero-order valence-corrected chi connectivity index (χ0v) is 13.7. The number of nitrogens with two attached hydrogens (primary N) is 1. The van der Waals surface area contributed by atoms with Crippen LogP contribution in [0.3, 0.4) is 0 Å². The highest BCUT2D eigenvalue weighted by Gasteiger charge is 2.21. The quantitative estimate of drug-likeness (QED) is 0.847. The summed E-state index contributed by atoms with van der Waals surface area (Å²) in [5, 5.41) is 2.73. The van der Waals surface area contributed by atoms with Gasteiger partial charge in [-0.3, -0.25) is 4.79 Å². The number of carbonyl (C=O) groups is 1. The number of hydrogen-bond donors (Lipinski definition) is 2. The summed E-state index contributed by atoms with van der Waals surface area (Å²) in [6.45, 7) is 5.70. The van der Waals surface area contributed by atoms with Crippen molar-refractivity contribution in [3.05, 3.63) is 29.6 Å². The van der Waals surface area contributed by atoms with Gasteiger partial charge in [-0.25, -0.2) is 4.39 Å². The van der Waals surface area contributed by atoms with E-state index >= 15 is 0 Å². The molecule has 0 fully saturated rings. The minimum absolute atomic E-state index is 0. The minimum atomic E-state index is -0.588. The van der Waals surface area contributed by atoms with E-state index in [0.29, 0.717) is 23.7 Å². The first-order valence-corrected chi connectivity index (χ1v) is 6.75. The summed E-state index contributed by atoms with van der Waals surface area (Å²) in [6, 6.07) is 3.48. The molecule has 1 rings (SSSR count). The van der Waals surface area contributed by atoms with E-state index in [1.165, 1.54) is 13.2 Å². The van der Waals surface area contributed by atoms with Gasteiger partial charge in [0.05, 0.1) is 24.8 Å². The maximum Gasteiger partial charge on any atom is 0.237 e. The van der Waals surface area contributed by atoms with Crippen LogP contribution in [0, 0.1) is 11.7 Å². The highest BCUT2D eigenvalue weighted by atomic mass is 35.5. The third-order valence-electron chi connectivity index (χ3n) is 3.09. The number of ether oxygens (including phenoxy) is 1. The molecule has 0 aromatic heterocycles. The second-order valence-electron chi connectivity index (χ2n) is 5.32. The van der Waals surface area contributed by atoms with Crippen molar-refractivity contribution in [2.45, 2.75) is 39.3 Å². The van der Waals surface area contributed by atoms with Crippen LogP contribution in [0.2, 0.25) is 0 Å². The van der Waals surface area contributed by atoms with Crippen LogP contribution >= 0.6 is 12.4 Å². The Morgan fingerprint density at radius 2 is 2.00 bits per heavy atom. The van der Waals surface area contributed by atoms with Crippen molar-refractivity contribution >= 4 is 18.3 Å². The van der Waals surface area contributed by atoms with E-state index in [2.05, 4.69) is 5.32 Å². The number of benzene rings is 1. The standard InChI is InChI=1S/C15H23FN2O2.ClH/c1-9(2)8-12(17)15(19)18-10(3)14-11(16)6-5-7-13(14)20-4;/h5-7,9-10,12H,8,17H2,1-4H3,(H,18,19);1H/t10?,12-;/m0./s1. The average Bonchev–Trinajstić information content (AvgIpc) is 2.37. The smallest absolute Gasteiger partial charge is 0.237 e. The molecule has 120 valence electrons. The summed E-state index contributed by atoms with van der Waals surface area (Å²) in [5.41, 5.74) is 6.15. The molecule has 0 aliphatic heterocycles. The topological polar surface area (TPSA) is 64.3 Å². The van der Waals surface area contributed by atoms with Crippen LogP contribution in [0.1, 0.15) is 38.8 Å². The summed E-state index contributed by atoms with van der Waals surface area (Å²) in [6.07, 6.45) is 0.590. The van der Waals surface area contributed by atoms with Crippen LogP contribution in [0.4, 0.5) is 4.39 Å². The molecular formula is C15H24ClFN2O2. The molecule has 1 unspecified atom stereocenters. The fraction of sp³-hybridized carbons (Fsp3) is 0.533. The number of hydrogen-bond acceptors (Lipinski definition) is 3. The van der Waals surface area contributed by atoms with E-state index < -0.39 is 17.9 Å². The summed E-state index contributed by atoms with van der Waals surface area (Å²) >= 11 is 0. The Hall–Kier alpha value is -1.33. The molecule has 3 N–H and O–H groups in total. The normalized spacial score (nSPS) is 13.3. The van der Waals surface area contributed by atoms with Crippen molar-refractivity contribution in [1.82, 2.24) is 5.32 Å². The molecule has 0 heterocycles. The first kappa shape index (κ1) is 19.7. The van der Waals surface area contributed by atoms with Crippen LogP contribution < -0.4 is 15.8 Å². The number of nitrogens with one attached hydrogen (secondary N) is 1. The summed E-state index contributed by atoms with van der Waals surface area (Å²) in [4.78, 5) is 12.0. The monoisotopic (exact) mass is 318 g/mol. The SMILES string of the molecule is COc1cccc(F)c1C(C)NC(=O)[C@@H](N)CC(C)C.Cl. The van der Waals surface area contributed by atoms with E-state index in [0.717, 1.165) is 0 Å². The molecule has 0 aliphatic rings. The Morgan fingerprint density at radius 1 is 1.38 bits per heavy atom. The lowest BCUT2D eigenvalue weighted by Gasteiger charge is -2.21. The van der Waals surface area contributed by atoms with Crippen LogP contribution in [-0.4, -0.2) is 19.1 Å². The van der Waals surface area contributed by atoms with Gasteiger partial charge in [0.1, 0.15) is 11.6 Å². The number of methoxy groups -OCH3 is 1. The second kappa shape index (κ2) is 8.85. The zero-order chi connectivity index (χ0) is 15.3. The Morgan fingerprint density at radius 3 is 2.52 bits per heavy atom. The predicted octanol–water partition coefficient (Wildman–Crippen LogP) is 2.81. The number of rotatable bonds is 6. The molecule has 0 spiro atoms. The van der Waals surface area contributed by atoms with Crippen molar-refractivity contribution < 1.29 is 13.9 Å². The molecule has 0 saturated carbocycles. The van der Waals surface area contributed by atoms with Crippen molar-refractivity contribution in [2.75, 3.05) is 7.11 Å². The highest BCUT2D eigenvalue weighted by Crippen LogP contribution is 2.27. The molecule has 0 aliphatic carbocycles. The van der Waals surface area contributed by atoms with Gasteiger partial charge in [-0.2, -0.15) is 0 Å². The molecule has 6 heteroatoms. The molecule has 0 bridgehead atoms. The molecular weight excluding hydrogens is 295 g/mol. The first-order chi connectivity index (χ1) is 9.36. The molecule has 1 aromatic rings. The molecule has 0 radical (unpaired) electrons. The molecule has 2 atom stereocenters. The fourth-order valence-electron chi connectivity index (χ4n) is 2.12. The van der Waals surface area contributed by atoms with Crippen molar-refractivity contribution in [1.29, 1.82) is 0 Å². The molecule has 21 heavy (non-hydrogen) atoms. The molecule has 4 nitrogen and oxygen atoms in total. The van der Waals surface area contributed by atoms with Gasteiger partial charge in [0.15, 0.2) is 0 Å². The molecule has 0 saturated heterocycles. The Kier molecular flexibility index (Phi) is 8.29. The van der Waals surface area contributed by atoms with Crippen molar-refractivity contribution in [3.8, 4) is 5.75 Å². The number of carbonyl (C=O) groups excluding carboxylic acids is 1. The van der Waals surface area contributed by atoms with E-state index in [4.69, 9.17) is 10.5 Å². The lowest BCUT2D eigenvalue weighted by Crippen LogP contribution is -2.42. The summed E-state index contributed by atoms with van der Waals surface area (Å²) in [7, 11) is 1.47. The lowest BCUT2D eigenvalue weighted by atomic mass is 10.0. The minimum Gasteiger partial charge on any atom is -0.496 e. The summed E-state index contributed by atoms with van der Waals surface area (Å²) < 4.78 is 19.0. The summed E-state index contributed by atoms with van der Waals surface area (Å²) in [5.74, 6) is 0.0513. The van der Waals surface area contributed by atoms with E-state index in [1.54, 1.807) is 19.1 Å². The molecule has 1 aromatic carbocycles. The third kappa shape index (κ3) is 5.52. The van der Waals surface area contributed by atoms with Gasteiger partial charge in [-0.05, 0) is 31.4 Å². The van der Waals surface area contributed by atoms with Crippen molar-refractivity contribution in [2.24, 2.45) is 11.7 Å². The van der Waals surface area contributed by atoms with Crippen LogP contribution in [-0.2, 0) is 4.79 Å². The maximum atomic E-state index is 13.9. The lowest BCUT2D eigenvalue weighted by molar-refractivity contribution is -0.123. The maximum absolute atomic E-state index is 13.9. The number of halogens is 2. The number of amides is 1.